The zero-order chi connectivity index (χ0) is 25.0. The SMILES string of the molecule is NS(=O)(=O)OC[C@H]1C[C@@H](Nc2ncncc2C(=O)c2cc(COc3ccccc3Br)cs2)C[C@@H]1O. The zero-order valence-electron chi connectivity index (χ0n) is 18.3. The van der Waals surface area contributed by atoms with Crippen LogP contribution >= 0.6 is 27.3 Å². The van der Waals surface area contributed by atoms with Crippen LogP contribution in [-0.4, -0.2) is 48.0 Å². The smallest absolute Gasteiger partial charge is 0.333 e. The average molecular weight is 583 g/mol. The molecule has 0 amide bonds. The first-order chi connectivity index (χ1) is 16.7. The van der Waals surface area contributed by atoms with Gasteiger partial charge in [0.1, 0.15) is 24.5 Å². The van der Waals surface area contributed by atoms with Gasteiger partial charge in [0.2, 0.25) is 5.78 Å². The van der Waals surface area contributed by atoms with Crippen molar-refractivity contribution in [2.24, 2.45) is 11.1 Å². The number of anilines is 1. The van der Waals surface area contributed by atoms with Crippen molar-refractivity contribution in [3.05, 3.63) is 68.7 Å². The quantitative estimate of drug-likeness (QED) is 0.306. The molecular formula is C22H23BrN4O6S2. The van der Waals surface area contributed by atoms with E-state index in [0.717, 1.165) is 10.0 Å². The van der Waals surface area contributed by atoms with Crippen molar-refractivity contribution >= 4 is 49.2 Å². The molecule has 0 radical (unpaired) electrons. The Labute approximate surface area is 214 Å². The number of carbonyl (C=O) groups is 1. The van der Waals surface area contributed by atoms with Gasteiger partial charge in [-0.15, -0.1) is 11.3 Å². The molecule has 35 heavy (non-hydrogen) atoms. The van der Waals surface area contributed by atoms with Crippen LogP contribution < -0.4 is 15.2 Å². The van der Waals surface area contributed by atoms with Crippen molar-refractivity contribution in [1.82, 2.24) is 9.97 Å². The van der Waals surface area contributed by atoms with E-state index in [9.17, 15) is 18.3 Å². The van der Waals surface area contributed by atoms with Gasteiger partial charge in [0.25, 0.3) is 0 Å². The number of aliphatic hydroxyl groups is 1. The largest absolute Gasteiger partial charge is 0.488 e. The number of para-hydroxylation sites is 1. The Balaban J connectivity index is 1.41. The summed E-state index contributed by atoms with van der Waals surface area (Å²) in [5, 5.41) is 20.2. The summed E-state index contributed by atoms with van der Waals surface area (Å²) < 4.78 is 33.4. The molecule has 2 heterocycles. The monoisotopic (exact) mass is 582 g/mol. The van der Waals surface area contributed by atoms with Crippen molar-refractivity contribution in [3.63, 3.8) is 0 Å². The van der Waals surface area contributed by atoms with Crippen molar-refractivity contribution in [3.8, 4) is 5.75 Å². The van der Waals surface area contributed by atoms with E-state index in [1.165, 1.54) is 23.9 Å². The second-order valence-corrected chi connectivity index (χ2v) is 11.1. The minimum absolute atomic E-state index is 0.215. The molecule has 10 nitrogen and oxygen atoms in total. The Morgan fingerprint density at radius 1 is 1.31 bits per heavy atom. The maximum atomic E-state index is 13.2. The van der Waals surface area contributed by atoms with Gasteiger partial charge in [0, 0.05) is 23.7 Å². The van der Waals surface area contributed by atoms with Crippen molar-refractivity contribution in [2.75, 3.05) is 11.9 Å². The van der Waals surface area contributed by atoms with E-state index in [4.69, 9.17) is 9.88 Å². The Kier molecular flexibility index (Phi) is 8.14. The van der Waals surface area contributed by atoms with Crippen molar-refractivity contribution < 1.29 is 27.2 Å². The predicted octanol–water partition coefficient (Wildman–Crippen LogP) is 2.88. The summed E-state index contributed by atoms with van der Waals surface area (Å²) in [4.78, 5) is 21.9. The van der Waals surface area contributed by atoms with Crippen LogP contribution in [0.4, 0.5) is 5.82 Å². The van der Waals surface area contributed by atoms with Crippen LogP contribution in [0.2, 0.25) is 0 Å². The van der Waals surface area contributed by atoms with Crippen molar-refractivity contribution in [2.45, 2.75) is 31.6 Å². The van der Waals surface area contributed by atoms with Gasteiger partial charge < -0.3 is 15.2 Å². The summed E-state index contributed by atoms with van der Waals surface area (Å²) in [7, 11) is -4.09. The lowest BCUT2D eigenvalue weighted by Crippen LogP contribution is -2.24. The van der Waals surface area contributed by atoms with Gasteiger partial charge in [0.15, 0.2) is 0 Å². The molecule has 2 aromatic heterocycles. The molecule has 1 aromatic carbocycles. The molecule has 0 spiro atoms. The number of thiophene rings is 1. The maximum Gasteiger partial charge on any atom is 0.333 e. The molecule has 3 aromatic rings. The predicted molar refractivity (Wildman–Crippen MR) is 133 cm³/mol. The topological polar surface area (TPSA) is 154 Å². The first kappa shape index (κ1) is 25.7. The number of ether oxygens (including phenoxy) is 1. The van der Waals surface area contributed by atoms with E-state index < -0.39 is 22.3 Å². The van der Waals surface area contributed by atoms with E-state index in [1.54, 1.807) is 6.07 Å². The summed E-state index contributed by atoms with van der Waals surface area (Å²) in [6.45, 7) is 0.0953. The highest BCUT2D eigenvalue weighted by Crippen LogP contribution is 2.31. The third-order valence-corrected chi connectivity index (χ3v) is 7.61. The normalized spacial score (nSPS) is 20.0. The highest BCUT2D eigenvalue weighted by Gasteiger charge is 2.34. The molecule has 13 heteroatoms. The number of halogens is 1. The van der Waals surface area contributed by atoms with Gasteiger partial charge in [-0.2, -0.15) is 8.42 Å². The highest BCUT2D eigenvalue weighted by atomic mass is 79.9. The fourth-order valence-corrected chi connectivity index (χ4v) is 5.43. The van der Waals surface area contributed by atoms with E-state index in [-0.39, 0.29) is 18.4 Å². The molecule has 1 aliphatic rings. The molecule has 0 aliphatic heterocycles. The van der Waals surface area contributed by atoms with E-state index >= 15 is 0 Å². The molecule has 186 valence electrons. The number of rotatable bonds is 10. The highest BCUT2D eigenvalue weighted by molar-refractivity contribution is 9.10. The average Bonchev–Trinajstić information content (AvgIpc) is 3.43. The second-order valence-electron chi connectivity index (χ2n) is 8.07. The number of nitrogens with one attached hydrogen (secondary N) is 1. The molecule has 3 atom stereocenters. The summed E-state index contributed by atoms with van der Waals surface area (Å²) in [5.74, 6) is 0.393. The summed E-state index contributed by atoms with van der Waals surface area (Å²) in [5.41, 5.74) is 1.16. The zero-order valence-corrected chi connectivity index (χ0v) is 21.6. The molecule has 0 bridgehead atoms. The summed E-state index contributed by atoms with van der Waals surface area (Å²) in [6.07, 6.45) is 2.76. The lowest BCUT2D eigenvalue weighted by Gasteiger charge is -2.15. The number of aliphatic hydroxyl groups excluding tert-OH is 1. The lowest BCUT2D eigenvalue weighted by molar-refractivity contribution is 0.101. The van der Waals surface area contributed by atoms with Crippen LogP contribution in [0.15, 0.2) is 52.7 Å². The molecule has 0 saturated heterocycles. The Bertz CT molecular complexity index is 1300. The van der Waals surface area contributed by atoms with Gasteiger partial charge in [-0.1, -0.05) is 12.1 Å². The second kappa shape index (κ2) is 11.1. The Hall–Kier alpha value is -2.42. The molecule has 1 aliphatic carbocycles. The fraction of sp³-hybridized carbons (Fsp3) is 0.318. The Morgan fingerprint density at radius 2 is 2.11 bits per heavy atom. The number of benzene rings is 1. The van der Waals surface area contributed by atoms with Crippen LogP contribution in [0.25, 0.3) is 0 Å². The fourth-order valence-electron chi connectivity index (χ4n) is 3.81. The van der Waals surface area contributed by atoms with Crippen LogP contribution in [0.1, 0.15) is 33.6 Å². The first-order valence-corrected chi connectivity index (χ1v) is 13.7. The van der Waals surface area contributed by atoms with Gasteiger partial charge in [0.05, 0.1) is 27.6 Å². The minimum atomic E-state index is -4.09. The van der Waals surface area contributed by atoms with Gasteiger partial charge in [-0.25, -0.2) is 15.1 Å². The summed E-state index contributed by atoms with van der Waals surface area (Å²) >= 11 is 4.75. The number of nitrogens with zero attached hydrogens (tertiary/aromatic N) is 2. The molecule has 4 N–H and O–H groups in total. The van der Waals surface area contributed by atoms with Gasteiger partial charge in [-0.3, -0.25) is 8.98 Å². The lowest BCUT2D eigenvalue weighted by atomic mass is 10.1. The molecule has 1 fully saturated rings. The molecule has 0 unspecified atom stereocenters. The third kappa shape index (κ3) is 6.84. The number of hydrogen-bond donors (Lipinski definition) is 3. The molecule has 1 saturated carbocycles. The van der Waals surface area contributed by atoms with E-state index in [0.29, 0.717) is 41.5 Å². The van der Waals surface area contributed by atoms with Crippen molar-refractivity contribution in [1.29, 1.82) is 0 Å². The maximum absolute atomic E-state index is 13.2. The summed E-state index contributed by atoms with van der Waals surface area (Å²) in [6, 6.07) is 9.06. The van der Waals surface area contributed by atoms with E-state index in [1.807, 2.05) is 29.6 Å². The third-order valence-electron chi connectivity index (χ3n) is 5.51. The Morgan fingerprint density at radius 3 is 2.89 bits per heavy atom. The van der Waals surface area contributed by atoms with Crippen LogP contribution in [0.3, 0.4) is 0 Å². The number of hydrogen-bond acceptors (Lipinski definition) is 10. The number of aromatic nitrogens is 2. The van der Waals surface area contributed by atoms with Crippen LogP contribution in [0, 0.1) is 5.92 Å². The van der Waals surface area contributed by atoms with Gasteiger partial charge >= 0.3 is 10.3 Å². The number of carbonyl (C=O) groups excluding carboxylic acids is 1. The van der Waals surface area contributed by atoms with Gasteiger partial charge in [-0.05, 0) is 52.4 Å². The van der Waals surface area contributed by atoms with Crippen LogP contribution in [0.5, 0.6) is 5.75 Å². The minimum Gasteiger partial charge on any atom is -0.488 e. The first-order valence-electron chi connectivity index (χ1n) is 10.6. The molecule has 4 rings (SSSR count). The number of ketones is 1. The van der Waals surface area contributed by atoms with E-state index in [2.05, 4.69) is 35.4 Å². The van der Waals surface area contributed by atoms with Crippen LogP contribution in [-0.2, 0) is 21.1 Å². The standard InChI is InChI=1S/C22H23BrN4O6S2/c23-17-3-1-2-4-19(17)32-9-13-5-20(34-11-13)21(29)16-8-25-12-26-22(16)27-15-6-14(18(28)7-15)10-33-35(24,30)31/h1-5,8,11-12,14-15,18,28H,6-7,9-10H2,(H2,24,30,31)(H,25,26,27)/t14-,15-,18+/m1/s1. The number of nitrogens with two attached hydrogens (primary N) is 1. The molecular weight excluding hydrogens is 560 g/mol.